The Kier molecular flexibility index (Phi) is 7.01. The van der Waals surface area contributed by atoms with Gasteiger partial charge in [0.1, 0.15) is 0 Å². The van der Waals surface area contributed by atoms with Gasteiger partial charge < -0.3 is 10.1 Å². The molecule has 0 unspecified atom stereocenters. The maximum atomic E-state index is 12.1. The number of hydrogen-bond acceptors (Lipinski definition) is 3. The number of nitrogens with one attached hydrogen (secondary N) is 2. The van der Waals surface area contributed by atoms with Gasteiger partial charge in [0.15, 0.2) is 0 Å². The Balaban J connectivity index is 1.90. The van der Waals surface area contributed by atoms with E-state index in [1.807, 2.05) is 38.1 Å². The van der Waals surface area contributed by atoms with Crippen molar-refractivity contribution < 1.29 is 14.3 Å². The summed E-state index contributed by atoms with van der Waals surface area (Å²) in [7, 11) is 0. The fourth-order valence-corrected chi connectivity index (χ4v) is 2.33. The molecule has 0 aromatic heterocycles. The Morgan fingerprint density at radius 3 is 2.32 bits per heavy atom. The Hall–Kier alpha value is -2.34. The van der Waals surface area contributed by atoms with Crippen LogP contribution in [0.25, 0.3) is 0 Å². The fraction of sp³-hybridized carbons (Fsp3) is 0.263. The zero-order chi connectivity index (χ0) is 18.2. The van der Waals surface area contributed by atoms with E-state index in [0.717, 1.165) is 10.0 Å². The number of carbonyl (C=O) groups is 2. The number of rotatable bonds is 6. The molecular formula is C19H21BrN2O3. The second kappa shape index (κ2) is 9.22. The molecule has 25 heavy (non-hydrogen) atoms. The fourth-order valence-electron chi connectivity index (χ4n) is 2.06. The Morgan fingerprint density at radius 1 is 1.04 bits per heavy atom. The molecule has 0 aliphatic carbocycles. The number of hydrogen-bond donors (Lipinski definition) is 2. The van der Waals surface area contributed by atoms with E-state index in [0.29, 0.717) is 18.0 Å². The molecule has 0 atom stereocenters. The lowest BCUT2D eigenvalue weighted by Crippen LogP contribution is -2.17. The largest absolute Gasteiger partial charge is 0.449 e. The topological polar surface area (TPSA) is 67.4 Å². The van der Waals surface area contributed by atoms with Crippen LogP contribution >= 0.6 is 15.9 Å². The van der Waals surface area contributed by atoms with Crippen molar-refractivity contribution in [2.75, 3.05) is 17.2 Å². The smallest absolute Gasteiger partial charge is 0.411 e. The van der Waals surface area contributed by atoms with Gasteiger partial charge in [0, 0.05) is 15.8 Å². The van der Waals surface area contributed by atoms with Crippen molar-refractivity contribution in [2.24, 2.45) is 5.92 Å². The van der Waals surface area contributed by atoms with Gasteiger partial charge in [-0.15, -0.1) is 0 Å². The molecule has 5 nitrogen and oxygen atoms in total. The van der Waals surface area contributed by atoms with E-state index < -0.39 is 6.09 Å². The number of anilines is 2. The molecule has 2 rings (SSSR count). The summed E-state index contributed by atoms with van der Waals surface area (Å²) in [5.74, 6) is 0.150. The summed E-state index contributed by atoms with van der Waals surface area (Å²) in [6.45, 7) is 4.29. The third kappa shape index (κ3) is 6.97. The van der Waals surface area contributed by atoms with Crippen LogP contribution in [0.4, 0.5) is 16.2 Å². The number of amides is 2. The quantitative estimate of drug-likeness (QED) is 0.723. The van der Waals surface area contributed by atoms with Crippen LogP contribution in [0.1, 0.15) is 19.4 Å². The predicted molar refractivity (Wildman–Crippen MR) is 103 cm³/mol. The van der Waals surface area contributed by atoms with Gasteiger partial charge in [-0.25, -0.2) is 4.79 Å². The van der Waals surface area contributed by atoms with E-state index in [9.17, 15) is 9.59 Å². The molecule has 0 saturated heterocycles. The predicted octanol–water partition coefficient (Wildman–Crippen LogP) is 4.83. The molecule has 2 aromatic carbocycles. The van der Waals surface area contributed by atoms with Gasteiger partial charge in [0.05, 0.1) is 13.0 Å². The molecule has 0 aliphatic heterocycles. The standard InChI is InChI=1S/C19H21BrN2O3/c1-13(2)12-25-19(24)22-17-5-3-4-16(11-17)21-18(23)10-14-6-8-15(20)9-7-14/h3-9,11,13H,10,12H2,1-2H3,(H,21,23)(H,22,24). The number of carbonyl (C=O) groups excluding carboxylic acids is 2. The first-order valence-corrected chi connectivity index (χ1v) is 8.80. The molecule has 0 bridgehead atoms. The normalized spacial score (nSPS) is 10.4. The van der Waals surface area contributed by atoms with Gasteiger partial charge in [-0.05, 0) is 41.8 Å². The van der Waals surface area contributed by atoms with Gasteiger partial charge >= 0.3 is 6.09 Å². The average Bonchev–Trinajstić information content (AvgIpc) is 2.55. The Bertz CT molecular complexity index is 730. The first-order valence-electron chi connectivity index (χ1n) is 8.00. The lowest BCUT2D eigenvalue weighted by Gasteiger charge is -2.10. The zero-order valence-corrected chi connectivity index (χ0v) is 15.8. The molecular weight excluding hydrogens is 384 g/mol. The van der Waals surface area contributed by atoms with Gasteiger partial charge in [-0.1, -0.05) is 48.0 Å². The molecule has 132 valence electrons. The summed E-state index contributed by atoms with van der Waals surface area (Å²) in [4.78, 5) is 23.8. The number of benzene rings is 2. The third-order valence-corrected chi connectivity index (χ3v) is 3.75. The molecule has 0 saturated carbocycles. The van der Waals surface area contributed by atoms with Crippen molar-refractivity contribution in [3.8, 4) is 0 Å². The molecule has 2 aromatic rings. The summed E-state index contributed by atoms with van der Waals surface area (Å²) in [5.41, 5.74) is 2.10. The van der Waals surface area contributed by atoms with Crippen molar-refractivity contribution in [1.29, 1.82) is 0 Å². The van der Waals surface area contributed by atoms with Gasteiger partial charge in [-0.2, -0.15) is 0 Å². The lowest BCUT2D eigenvalue weighted by atomic mass is 10.1. The highest BCUT2D eigenvalue weighted by atomic mass is 79.9. The maximum absolute atomic E-state index is 12.1. The first kappa shape index (κ1) is 19.0. The third-order valence-electron chi connectivity index (χ3n) is 3.22. The highest BCUT2D eigenvalue weighted by Crippen LogP contribution is 2.16. The van der Waals surface area contributed by atoms with Crippen molar-refractivity contribution in [3.63, 3.8) is 0 Å². The van der Waals surface area contributed by atoms with Crippen LogP contribution in [0.3, 0.4) is 0 Å². The second-order valence-corrected chi connectivity index (χ2v) is 6.97. The highest BCUT2D eigenvalue weighted by Gasteiger charge is 2.07. The summed E-state index contributed by atoms with van der Waals surface area (Å²) in [5, 5.41) is 5.48. The van der Waals surface area contributed by atoms with Gasteiger partial charge in [0.2, 0.25) is 5.91 Å². The van der Waals surface area contributed by atoms with E-state index in [4.69, 9.17) is 4.74 Å². The SMILES string of the molecule is CC(C)COC(=O)Nc1cccc(NC(=O)Cc2ccc(Br)cc2)c1. The minimum atomic E-state index is -0.507. The molecule has 0 radical (unpaired) electrons. The van der Waals surface area contributed by atoms with E-state index in [1.165, 1.54) is 0 Å². The van der Waals surface area contributed by atoms with Crippen LogP contribution < -0.4 is 10.6 Å². The molecule has 6 heteroatoms. The van der Waals surface area contributed by atoms with Crippen LogP contribution in [-0.2, 0) is 16.0 Å². The average molecular weight is 405 g/mol. The van der Waals surface area contributed by atoms with Gasteiger partial charge in [0.25, 0.3) is 0 Å². The van der Waals surface area contributed by atoms with Crippen molar-refractivity contribution >= 4 is 39.3 Å². The van der Waals surface area contributed by atoms with Gasteiger partial charge in [-0.3, -0.25) is 10.1 Å². The second-order valence-electron chi connectivity index (χ2n) is 6.05. The zero-order valence-electron chi connectivity index (χ0n) is 14.2. The Morgan fingerprint density at radius 2 is 1.68 bits per heavy atom. The summed E-state index contributed by atoms with van der Waals surface area (Å²) in [6, 6.07) is 14.5. The molecule has 0 fully saturated rings. The van der Waals surface area contributed by atoms with Crippen LogP contribution in [-0.4, -0.2) is 18.6 Å². The minimum absolute atomic E-state index is 0.123. The summed E-state index contributed by atoms with van der Waals surface area (Å²) < 4.78 is 6.05. The highest BCUT2D eigenvalue weighted by molar-refractivity contribution is 9.10. The van der Waals surface area contributed by atoms with E-state index in [2.05, 4.69) is 26.6 Å². The molecule has 0 aliphatic rings. The molecule has 2 amide bonds. The van der Waals surface area contributed by atoms with E-state index in [-0.39, 0.29) is 18.2 Å². The molecule has 2 N–H and O–H groups in total. The number of halogens is 1. The monoisotopic (exact) mass is 404 g/mol. The summed E-state index contributed by atoms with van der Waals surface area (Å²) >= 11 is 3.37. The molecule has 0 spiro atoms. The first-order chi connectivity index (χ1) is 11.9. The van der Waals surface area contributed by atoms with Crippen molar-refractivity contribution in [3.05, 3.63) is 58.6 Å². The Labute approximate surface area is 155 Å². The maximum Gasteiger partial charge on any atom is 0.411 e. The number of ether oxygens (including phenoxy) is 1. The van der Waals surface area contributed by atoms with E-state index in [1.54, 1.807) is 24.3 Å². The lowest BCUT2D eigenvalue weighted by molar-refractivity contribution is -0.115. The van der Waals surface area contributed by atoms with Crippen molar-refractivity contribution in [1.82, 2.24) is 0 Å². The minimum Gasteiger partial charge on any atom is -0.449 e. The van der Waals surface area contributed by atoms with Crippen LogP contribution in [0.2, 0.25) is 0 Å². The van der Waals surface area contributed by atoms with Crippen LogP contribution in [0, 0.1) is 5.92 Å². The van der Waals surface area contributed by atoms with E-state index >= 15 is 0 Å². The molecule has 0 heterocycles. The van der Waals surface area contributed by atoms with Crippen molar-refractivity contribution in [2.45, 2.75) is 20.3 Å². The van der Waals surface area contributed by atoms with Crippen LogP contribution in [0.15, 0.2) is 53.0 Å². The van der Waals surface area contributed by atoms with Crippen LogP contribution in [0.5, 0.6) is 0 Å². The summed E-state index contributed by atoms with van der Waals surface area (Å²) in [6.07, 6.45) is -0.228.